The maximum Gasteiger partial charge on any atom is 0.253 e. The predicted molar refractivity (Wildman–Crippen MR) is 134 cm³/mol. The number of aromatic nitrogens is 1. The third-order valence-electron chi connectivity index (χ3n) is 6.15. The molecule has 3 aromatic rings. The zero-order valence-electron chi connectivity index (χ0n) is 18.8. The van der Waals surface area contributed by atoms with Crippen LogP contribution in [0, 0.1) is 13.8 Å². The molecule has 32 heavy (non-hydrogen) atoms. The molecule has 1 aliphatic rings. The van der Waals surface area contributed by atoms with Gasteiger partial charge in [0.25, 0.3) is 5.56 Å². The van der Waals surface area contributed by atoms with Gasteiger partial charge >= 0.3 is 0 Å². The SMILES string of the molecule is Cc1ccc(C)c2[nH]c(=O)c(CN(C[C@H]3CCCO3)C(=S)NCCc3ccccc3)cc12. The molecule has 0 unspecified atom stereocenters. The molecule has 0 bridgehead atoms. The lowest BCUT2D eigenvalue weighted by Gasteiger charge is -2.28. The average Bonchev–Trinajstić information content (AvgIpc) is 3.30. The van der Waals surface area contributed by atoms with E-state index in [0.29, 0.717) is 18.2 Å². The molecule has 2 aromatic carbocycles. The Morgan fingerprint density at radius 3 is 2.72 bits per heavy atom. The molecule has 0 aliphatic carbocycles. The lowest BCUT2D eigenvalue weighted by molar-refractivity contribution is 0.0897. The third-order valence-corrected chi connectivity index (χ3v) is 6.55. The lowest BCUT2D eigenvalue weighted by atomic mass is 10.0. The first-order valence-corrected chi connectivity index (χ1v) is 11.7. The van der Waals surface area contributed by atoms with Gasteiger partial charge in [-0.2, -0.15) is 0 Å². The van der Waals surface area contributed by atoms with Crippen LogP contribution in [-0.2, 0) is 17.7 Å². The standard InChI is InChI=1S/C26H31N3O2S/c1-18-10-11-19(2)24-23(18)15-21(25(30)28-24)16-29(17-22-9-6-14-31-22)26(32)27-13-12-20-7-4-3-5-8-20/h3-5,7-8,10-11,15,22H,6,9,12-14,16-17H2,1-2H3,(H,27,32)(H,28,30)/t22-/m1/s1. The molecule has 1 fully saturated rings. The average molecular weight is 450 g/mol. The number of fused-ring (bicyclic) bond motifs is 1. The molecular weight excluding hydrogens is 418 g/mol. The minimum atomic E-state index is -0.0596. The van der Waals surface area contributed by atoms with Crippen molar-refractivity contribution >= 4 is 28.2 Å². The molecule has 1 saturated heterocycles. The quantitative estimate of drug-likeness (QED) is 0.529. The highest BCUT2D eigenvalue weighted by Crippen LogP contribution is 2.21. The lowest BCUT2D eigenvalue weighted by Crippen LogP contribution is -2.44. The summed E-state index contributed by atoms with van der Waals surface area (Å²) in [5.41, 5.74) is 5.06. The van der Waals surface area contributed by atoms with Crippen molar-refractivity contribution in [3.05, 3.63) is 81.1 Å². The summed E-state index contributed by atoms with van der Waals surface area (Å²) in [5, 5.41) is 5.14. The molecule has 0 radical (unpaired) electrons. The number of H-pyrrole nitrogens is 1. The second kappa shape index (κ2) is 10.3. The topological polar surface area (TPSA) is 57.4 Å². The monoisotopic (exact) mass is 449 g/mol. The second-order valence-corrected chi connectivity index (χ2v) is 8.98. The smallest absolute Gasteiger partial charge is 0.253 e. The number of ether oxygens (including phenoxy) is 1. The molecule has 0 spiro atoms. The Bertz CT molecular complexity index is 1140. The molecule has 1 aromatic heterocycles. The maximum atomic E-state index is 12.9. The summed E-state index contributed by atoms with van der Waals surface area (Å²) in [6, 6.07) is 16.5. The fraction of sp³-hybridized carbons (Fsp3) is 0.385. The maximum absolute atomic E-state index is 12.9. The van der Waals surface area contributed by atoms with Gasteiger partial charge in [0.2, 0.25) is 0 Å². The summed E-state index contributed by atoms with van der Waals surface area (Å²) in [4.78, 5) is 18.1. The number of hydrogen-bond donors (Lipinski definition) is 2. The van der Waals surface area contributed by atoms with Crippen LogP contribution in [0.15, 0.2) is 53.3 Å². The van der Waals surface area contributed by atoms with E-state index < -0.39 is 0 Å². The van der Waals surface area contributed by atoms with Gasteiger partial charge in [-0.15, -0.1) is 0 Å². The van der Waals surface area contributed by atoms with Gasteiger partial charge in [-0.05, 0) is 68.1 Å². The van der Waals surface area contributed by atoms with Crippen LogP contribution in [0.3, 0.4) is 0 Å². The number of thiocarbonyl (C=S) groups is 1. The van der Waals surface area contributed by atoms with Crippen LogP contribution in [0.25, 0.3) is 10.9 Å². The van der Waals surface area contributed by atoms with Crippen LogP contribution in [-0.4, -0.2) is 40.8 Å². The molecule has 1 aliphatic heterocycles. The van der Waals surface area contributed by atoms with Gasteiger partial charge in [0.15, 0.2) is 5.11 Å². The Morgan fingerprint density at radius 2 is 1.97 bits per heavy atom. The van der Waals surface area contributed by atoms with Crippen LogP contribution in [0.2, 0.25) is 0 Å². The van der Waals surface area contributed by atoms with Gasteiger partial charge in [0.1, 0.15) is 0 Å². The van der Waals surface area contributed by atoms with E-state index in [1.54, 1.807) is 0 Å². The molecule has 4 rings (SSSR count). The summed E-state index contributed by atoms with van der Waals surface area (Å²) in [6.45, 7) is 6.77. The first-order chi connectivity index (χ1) is 15.5. The van der Waals surface area contributed by atoms with Crippen molar-refractivity contribution < 1.29 is 4.74 Å². The van der Waals surface area contributed by atoms with Gasteiger partial charge in [0.05, 0.1) is 18.2 Å². The summed E-state index contributed by atoms with van der Waals surface area (Å²) < 4.78 is 5.87. The highest BCUT2D eigenvalue weighted by atomic mass is 32.1. The summed E-state index contributed by atoms with van der Waals surface area (Å²) in [7, 11) is 0. The Labute approximate surface area is 194 Å². The summed E-state index contributed by atoms with van der Waals surface area (Å²) in [5.74, 6) is 0. The zero-order chi connectivity index (χ0) is 22.5. The fourth-order valence-corrected chi connectivity index (χ4v) is 4.51. The van der Waals surface area contributed by atoms with Gasteiger partial charge in [-0.3, -0.25) is 4.79 Å². The van der Waals surface area contributed by atoms with E-state index in [0.717, 1.165) is 60.0 Å². The van der Waals surface area contributed by atoms with E-state index in [1.165, 1.54) is 5.56 Å². The van der Waals surface area contributed by atoms with Gasteiger partial charge < -0.3 is 19.9 Å². The second-order valence-electron chi connectivity index (χ2n) is 8.59. The summed E-state index contributed by atoms with van der Waals surface area (Å²) in [6.07, 6.45) is 3.13. The summed E-state index contributed by atoms with van der Waals surface area (Å²) >= 11 is 5.76. The number of nitrogens with zero attached hydrogens (tertiary/aromatic N) is 1. The largest absolute Gasteiger partial charge is 0.376 e. The number of aryl methyl sites for hydroxylation is 2. The Balaban J connectivity index is 1.52. The fourth-order valence-electron chi connectivity index (χ4n) is 4.26. The van der Waals surface area contributed by atoms with E-state index in [4.69, 9.17) is 17.0 Å². The number of nitrogens with one attached hydrogen (secondary N) is 2. The zero-order valence-corrected chi connectivity index (χ0v) is 19.6. The van der Waals surface area contributed by atoms with Crippen molar-refractivity contribution in [1.82, 2.24) is 15.2 Å². The number of pyridine rings is 1. The van der Waals surface area contributed by atoms with Crippen LogP contribution < -0.4 is 10.9 Å². The number of aromatic amines is 1. The van der Waals surface area contributed by atoms with Crippen molar-refractivity contribution in [2.45, 2.75) is 45.8 Å². The predicted octanol–water partition coefficient (Wildman–Crippen LogP) is 4.24. The molecule has 2 heterocycles. The van der Waals surface area contributed by atoms with Crippen molar-refractivity contribution in [3.63, 3.8) is 0 Å². The molecule has 2 N–H and O–H groups in total. The van der Waals surface area contributed by atoms with E-state index >= 15 is 0 Å². The van der Waals surface area contributed by atoms with Gasteiger partial charge in [0, 0.05) is 30.6 Å². The Morgan fingerprint density at radius 1 is 1.19 bits per heavy atom. The van der Waals surface area contributed by atoms with E-state index in [-0.39, 0.29) is 11.7 Å². The highest BCUT2D eigenvalue weighted by molar-refractivity contribution is 7.80. The number of rotatable bonds is 7. The highest BCUT2D eigenvalue weighted by Gasteiger charge is 2.22. The van der Waals surface area contributed by atoms with Crippen molar-refractivity contribution in [3.8, 4) is 0 Å². The molecule has 1 atom stereocenters. The molecule has 5 nitrogen and oxygen atoms in total. The van der Waals surface area contributed by atoms with E-state index in [2.05, 4.69) is 40.3 Å². The first-order valence-electron chi connectivity index (χ1n) is 11.3. The molecule has 168 valence electrons. The van der Waals surface area contributed by atoms with Crippen molar-refractivity contribution in [2.24, 2.45) is 0 Å². The molecule has 0 amide bonds. The van der Waals surface area contributed by atoms with Crippen LogP contribution in [0.1, 0.15) is 35.1 Å². The van der Waals surface area contributed by atoms with E-state index in [9.17, 15) is 4.79 Å². The molecule has 6 heteroatoms. The van der Waals surface area contributed by atoms with Crippen LogP contribution in [0.5, 0.6) is 0 Å². The van der Waals surface area contributed by atoms with Crippen LogP contribution >= 0.6 is 12.2 Å². The Kier molecular flexibility index (Phi) is 7.22. The van der Waals surface area contributed by atoms with Gasteiger partial charge in [-0.1, -0.05) is 42.5 Å². The normalized spacial score (nSPS) is 15.8. The number of hydrogen-bond acceptors (Lipinski definition) is 3. The van der Waals surface area contributed by atoms with Crippen LogP contribution in [0.4, 0.5) is 0 Å². The number of benzene rings is 2. The minimum Gasteiger partial charge on any atom is -0.376 e. The molecular formula is C26H31N3O2S. The Hall–Kier alpha value is -2.70. The van der Waals surface area contributed by atoms with Crippen molar-refractivity contribution in [1.29, 1.82) is 0 Å². The first kappa shape index (κ1) is 22.5. The molecule has 0 saturated carbocycles. The van der Waals surface area contributed by atoms with Gasteiger partial charge in [-0.25, -0.2) is 0 Å². The van der Waals surface area contributed by atoms with Crippen molar-refractivity contribution in [2.75, 3.05) is 19.7 Å². The third kappa shape index (κ3) is 5.37. The minimum absolute atomic E-state index is 0.0596. The van der Waals surface area contributed by atoms with E-state index in [1.807, 2.05) is 37.3 Å².